The maximum atomic E-state index is 2.46. The second-order valence-electron chi connectivity index (χ2n) is 17.3. The molecule has 0 fully saturated rings. The van der Waals surface area contributed by atoms with Crippen LogP contribution in [0.3, 0.4) is 0 Å². The Bertz CT molecular complexity index is 3830. The topological polar surface area (TPSA) is 8.17 Å². The monoisotopic (exact) mass is 838 g/mol. The molecular weight excluding hydrogens is 797 g/mol. The highest BCUT2D eigenvalue weighted by molar-refractivity contribution is 6.27. The van der Waals surface area contributed by atoms with Crippen LogP contribution in [0.4, 0.5) is 17.1 Å². The fraction of sp³-hybridized carbons (Fsp3) is 0. The van der Waals surface area contributed by atoms with Crippen LogP contribution in [0.2, 0.25) is 0 Å². The van der Waals surface area contributed by atoms with Crippen LogP contribution >= 0.6 is 0 Å². The Morgan fingerprint density at radius 3 is 1.26 bits per heavy atom. The van der Waals surface area contributed by atoms with Gasteiger partial charge in [-0.3, -0.25) is 0 Å². The minimum atomic E-state index is 1.09. The summed E-state index contributed by atoms with van der Waals surface area (Å²) in [5.74, 6) is 0. The zero-order valence-electron chi connectivity index (χ0n) is 36.1. The number of fused-ring (bicyclic) bond motifs is 3. The van der Waals surface area contributed by atoms with Gasteiger partial charge in [-0.15, -0.1) is 0 Å². The van der Waals surface area contributed by atoms with E-state index in [1.807, 2.05) is 0 Å². The number of hydrogen-bond acceptors (Lipinski definition) is 1. The molecular formula is C64H42N2. The predicted molar refractivity (Wildman–Crippen MR) is 281 cm³/mol. The first-order chi connectivity index (χ1) is 32.7. The molecule has 1 heterocycles. The molecule has 0 spiro atoms. The SMILES string of the molecule is c1ccc(-c2ccc(-c3ccc(N(c4cccc(-c5ccc(-c6ccccc6)cc5)c4)c4ccc5ccc6c(-n7c8ccccc8c8ccccc87)ccc7ccc4c5c76)cc3)cc2)cc1. The van der Waals surface area contributed by atoms with Crippen molar-refractivity contribution < 1.29 is 0 Å². The van der Waals surface area contributed by atoms with E-state index in [1.54, 1.807) is 0 Å². The Morgan fingerprint density at radius 2 is 0.682 bits per heavy atom. The van der Waals surface area contributed by atoms with Gasteiger partial charge in [0.15, 0.2) is 0 Å². The number of para-hydroxylation sites is 2. The van der Waals surface area contributed by atoms with Crippen LogP contribution in [0.15, 0.2) is 255 Å². The summed E-state index contributed by atoms with van der Waals surface area (Å²) in [5.41, 5.74) is 16.5. The third-order valence-corrected chi connectivity index (χ3v) is 13.6. The van der Waals surface area contributed by atoms with Crippen molar-refractivity contribution in [3.8, 4) is 50.2 Å². The molecule has 0 saturated heterocycles. The number of anilines is 3. The average Bonchev–Trinajstić information content (AvgIpc) is 3.73. The highest BCUT2D eigenvalue weighted by Gasteiger charge is 2.21. The Hall–Kier alpha value is -8.72. The van der Waals surface area contributed by atoms with Gasteiger partial charge in [0.25, 0.3) is 0 Å². The standard InChI is InChI=1S/C64H42N2/c1-3-12-43(13-4-1)45-22-24-47(25-23-45)48-30-36-53(37-31-48)65(54-17-11-16-52(42-54)49-28-26-46(27-29-49)44-14-5-2-6-15-44)61-40-34-50-33-39-58-62(41-35-51-32-38-57(61)63(50)64(51)58)66-59-20-9-7-18-55(59)56-19-8-10-21-60(56)66/h1-42H. The van der Waals surface area contributed by atoms with Gasteiger partial charge in [-0.25, -0.2) is 0 Å². The van der Waals surface area contributed by atoms with Crippen molar-refractivity contribution in [2.45, 2.75) is 0 Å². The molecule has 1 aromatic heterocycles. The fourth-order valence-electron chi connectivity index (χ4n) is 10.4. The quantitative estimate of drug-likeness (QED) is 0.138. The molecule has 0 atom stereocenters. The van der Waals surface area contributed by atoms with E-state index in [-0.39, 0.29) is 0 Å². The Kier molecular flexibility index (Phi) is 8.89. The zero-order chi connectivity index (χ0) is 43.6. The minimum Gasteiger partial charge on any atom is -0.310 e. The molecule has 0 aliphatic rings. The van der Waals surface area contributed by atoms with E-state index in [2.05, 4.69) is 264 Å². The van der Waals surface area contributed by atoms with Crippen molar-refractivity contribution in [1.29, 1.82) is 0 Å². The normalized spacial score (nSPS) is 11.6. The van der Waals surface area contributed by atoms with Gasteiger partial charge >= 0.3 is 0 Å². The van der Waals surface area contributed by atoms with Crippen LogP contribution in [-0.2, 0) is 0 Å². The summed E-state index contributed by atoms with van der Waals surface area (Å²) in [6, 6.07) is 93.2. The van der Waals surface area contributed by atoms with Crippen molar-refractivity contribution in [2.75, 3.05) is 4.90 Å². The molecule has 13 aromatic rings. The summed E-state index contributed by atoms with van der Waals surface area (Å²) < 4.78 is 2.46. The third-order valence-electron chi connectivity index (χ3n) is 13.6. The summed E-state index contributed by atoms with van der Waals surface area (Å²) in [4.78, 5) is 2.45. The lowest BCUT2D eigenvalue weighted by Gasteiger charge is -2.28. The number of hydrogen-bond donors (Lipinski definition) is 0. The molecule has 66 heavy (non-hydrogen) atoms. The molecule has 12 aromatic carbocycles. The van der Waals surface area contributed by atoms with Gasteiger partial charge in [-0.1, -0.05) is 206 Å². The van der Waals surface area contributed by atoms with Crippen LogP contribution in [0, 0.1) is 0 Å². The predicted octanol–water partition coefficient (Wildman–Crippen LogP) is 17.8. The summed E-state index contributed by atoms with van der Waals surface area (Å²) in [6.07, 6.45) is 0. The summed E-state index contributed by atoms with van der Waals surface area (Å²) in [6.45, 7) is 0. The van der Waals surface area contributed by atoms with Gasteiger partial charge in [0, 0.05) is 32.9 Å². The van der Waals surface area contributed by atoms with E-state index in [1.165, 1.54) is 104 Å². The lowest BCUT2D eigenvalue weighted by Crippen LogP contribution is -2.11. The molecule has 0 bridgehead atoms. The molecule has 0 radical (unpaired) electrons. The van der Waals surface area contributed by atoms with Crippen LogP contribution in [0.1, 0.15) is 0 Å². The van der Waals surface area contributed by atoms with E-state index in [0.29, 0.717) is 0 Å². The van der Waals surface area contributed by atoms with Crippen LogP contribution in [0.25, 0.3) is 104 Å². The van der Waals surface area contributed by atoms with Crippen molar-refractivity contribution in [3.05, 3.63) is 255 Å². The van der Waals surface area contributed by atoms with Gasteiger partial charge in [0.1, 0.15) is 0 Å². The number of aromatic nitrogens is 1. The van der Waals surface area contributed by atoms with E-state index in [0.717, 1.165) is 17.1 Å². The van der Waals surface area contributed by atoms with E-state index in [9.17, 15) is 0 Å². The maximum absolute atomic E-state index is 2.46. The number of rotatable bonds is 8. The highest BCUT2D eigenvalue weighted by Crippen LogP contribution is 2.46. The van der Waals surface area contributed by atoms with Gasteiger partial charge in [-0.05, 0) is 115 Å². The van der Waals surface area contributed by atoms with Crippen LogP contribution < -0.4 is 4.90 Å². The molecule has 0 N–H and O–H groups in total. The average molecular weight is 839 g/mol. The van der Waals surface area contributed by atoms with Crippen molar-refractivity contribution >= 4 is 71.2 Å². The first kappa shape index (κ1) is 37.8. The lowest BCUT2D eigenvalue weighted by molar-refractivity contribution is 1.20. The lowest BCUT2D eigenvalue weighted by atomic mass is 9.92. The summed E-state index contributed by atoms with van der Waals surface area (Å²) in [5, 5.41) is 10.0. The van der Waals surface area contributed by atoms with Gasteiger partial charge < -0.3 is 9.47 Å². The molecule has 0 amide bonds. The molecule has 13 rings (SSSR count). The molecule has 0 unspecified atom stereocenters. The summed E-state index contributed by atoms with van der Waals surface area (Å²) >= 11 is 0. The zero-order valence-corrected chi connectivity index (χ0v) is 36.1. The first-order valence-corrected chi connectivity index (χ1v) is 22.7. The first-order valence-electron chi connectivity index (χ1n) is 22.7. The van der Waals surface area contributed by atoms with E-state index < -0.39 is 0 Å². The molecule has 2 heteroatoms. The minimum absolute atomic E-state index is 1.09. The number of benzene rings is 12. The van der Waals surface area contributed by atoms with Crippen molar-refractivity contribution in [2.24, 2.45) is 0 Å². The summed E-state index contributed by atoms with van der Waals surface area (Å²) in [7, 11) is 0. The molecule has 0 aliphatic heterocycles. The number of nitrogens with zero attached hydrogens (tertiary/aromatic N) is 2. The Labute approximate surface area is 383 Å². The van der Waals surface area contributed by atoms with Gasteiger partial charge in [-0.2, -0.15) is 0 Å². The molecule has 0 saturated carbocycles. The highest BCUT2D eigenvalue weighted by atomic mass is 15.1. The second-order valence-corrected chi connectivity index (χ2v) is 17.3. The van der Waals surface area contributed by atoms with Gasteiger partial charge in [0.05, 0.1) is 22.4 Å². The fourth-order valence-corrected chi connectivity index (χ4v) is 10.4. The largest absolute Gasteiger partial charge is 0.310 e. The Balaban J connectivity index is 0.974. The smallest absolute Gasteiger partial charge is 0.0541 e. The van der Waals surface area contributed by atoms with E-state index in [4.69, 9.17) is 0 Å². The third kappa shape index (κ3) is 6.26. The van der Waals surface area contributed by atoms with Crippen LogP contribution in [-0.4, -0.2) is 4.57 Å². The van der Waals surface area contributed by atoms with E-state index >= 15 is 0 Å². The molecule has 308 valence electrons. The maximum Gasteiger partial charge on any atom is 0.0541 e. The van der Waals surface area contributed by atoms with Crippen LogP contribution in [0.5, 0.6) is 0 Å². The Morgan fingerprint density at radius 1 is 0.258 bits per heavy atom. The van der Waals surface area contributed by atoms with Gasteiger partial charge in [0.2, 0.25) is 0 Å². The van der Waals surface area contributed by atoms with Crippen molar-refractivity contribution in [1.82, 2.24) is 4.57 Å². The molecule has 2 nitrogen and oxygen atoms in total. The molecule has 0 aliphatic carbocycles. The van der Waals surface area contributed by atoms with Crippen molar-refractivity contribution in [3.63, 3.8) is 0 Å². The second kappa shape index (κ2) is 15.5.